The van der Waals surface area contributed by atoms with Crippen molar-refractivity contribution >= 4 is 21.9 Å². The minimum atomic E-state index is -0.645. The number of rotatable bonds is 6. The second kappa shape index (κ2) is 7.81. The Kier molecular flexibility index (Phi) is 6.66. The Morgan fingerprint density at radius 2 is 2.05 bits per heavy atom. The van der Waals surface area contributed by atoms with E-state index in [4.69, 9.17) is 9.47 Å². The number of unbranched alkanes of at least 4 members (excludes halogenated alkanes) is 1. The number of hydrogen-bond acceptors (Lipinski definition) is 4. The molecular weight excluding hydrogens is 350 g/mol. The summed E-state index contributed by atoms with van der Waals surface area (Å²) in [5.41, 5.74) is -0.857. The molecule has 0 fully saturated rings. The first kappa shape index (κ1) is 18.7. The zero-order valence-electron chi connectivity index (χ0n) is 13.8. The molecule has 0 aromatic carbocycles. The number of esters is 1. The van der Waals surface area contributed by atoms with Gasteiger partial charge in [-0.15, -0.1) is 0 Å². The first-order chi connectivity index (χ1) is 10.2. The summed E-state index contributed by atoms with van der Waals surface area (Å²) in [4.78, 5) is 24.7. The summed E-state index contributed by atoms with van der Waals surface area (Å²) in [6, 6.07) is 0.760. The van der Waals surface area contributed by atoms with Crippen LogP contribution in [0.1, 0.15) is 53.0 Å². The Bertz CT molecular complexity index is 574. The number of halogens is 1. The smallest absolute Gasteiger partial charge is 0.329 e. The molecule has 1 heterocycles. The zero-order valence-corrected chi connectivity index (χ0v) is 15.4. The molecule has 6 heteroatoms. The third kappa shape index (κ3) is 5.16. The number of ether oxygens (including phenoxy) is 2. The Morgan fingerprint density at radius 3 is 2.55 bits per heavy atom. The third-order valence-electron chi connectivity index (χ3n) is 3.06. The van der Waals surface area contributed by atoms with Crippen LogP contribution in [0, 0.1) is 0 Å². The van der Waals surface area contributed by atoms with Crippen molar-refractivity contribution in [3.8, 4) is 5.75 Å². The van der Waals surface area contributed by atoms with E-state index in [9.17, 15) is 9.59 Å². The van der Waals surface area contributed by atoms with Gasteiger partial charge in [0, 0.05) is 6.07 Å². The lowest BCUT2D eigenvalue weighted by Gasteiger charge is -2.25. The van der Waals surface area contributed by atoms with Crippen molar-refractivity contribution in [2.75, 3.05) is 7.11 Å². The molecule has 5 nitrogen and oxygen atoms in total. The van der Waals surface area contributed by atoms with Gasteiger partial charge >= 0.3 is 5.97 Å². The van der Waals surface area contributed by atoms with Gasteiger partial charge in [0.1, 0.15) is 17.4 Å². The molecular formula is C16H24BrNO4. The lowest BCUT2D eigenvalue weighted by molar-refractivity contribution is -0.159. The molecule has 0 radical (unpaired) electrons. The van der Waals surface area contributed by atoms with Gasteiger partial charge in [-0.2, -0.15) is 0 Å². The van der Waals surface area contributed by atoms with Gasteiger partial charge in [-0.05, 0) is 43.1 Å². The molecule has 0 bridgehead atoms. The normalized spacial score (nSPS) is 12.8. The number of aromatic nitrogens is 1. The van der Waals surface area contributed by atoms with Crippen LogP contribution in [-0.2, 0) is 9.53 Å². The minimum Gasteiger partial charge on any atom is -0.494 e. The molecule has 1 aromatic heterocycles. The summed E-state index contributed by atoms with van der Waals surface area (Å²) in [6.07, 6.45) is 3.86. The third-order valence-corrected chi connectivity index (χ3v) is 3.68. The van der Waals surface area contributed by atoms with Crippen LogP contribution in [-0.4, -0.2) is 23.2 Å². The predicted octanol–water partition coefficient (Wildman–Crippen LogP) is 3.69. The van der Waals surface area contributed by atoms with Crippen LogP contribution in [0.2, 0.25) is 0 Å². The molecule has 0 saturated heterocycles. The Balaban J connectivity index is 3.22. The van der Waals surface area contributed by atoms with Crippen LogP contribution in [0.5, 0.6) is 5.75 Å². The van der Waals surface area contributed by atoms with E-state index < -0.39 is 17.6 Å². The largest absolute Gasteiger partial charge is 0.494 e. The molecule has 0 N–H and O–H groups in total. The van der Waals surface area contributed by atoms with Gasteiger partial charge in [0.25, 0.3) is 5.56 Å². The van der Waals surface area contributed by atoms with E-state index in [1.165, 1.54) is 17.7 Å². The number of pyridine rings is 1. The molecule has 1 atom stereocenters. The molecule has 1 unspecified atom stereocenters. The zero-order chi connectivity index (χ0) is 16.9. The molecule has 1 rings (SSSR count). The molecule has 0 aliphatic rings. The fourth-order valence-electron chi connectivity index (χ4n) is 2.04. The molecule has 22 heavy (non-hydrogen) atoms. The summed E-state index contributed by atoms with van der Waals surface area (Å²) in [5, 5.41) is 0. The maximum atomic E-state index is 12.5. The van der Waals surface area contributed by atoms with E-state index in [1.54, 1.807) is 6.20 Å². The second-order valence-corrected chi connectivity index (χ2v) is 6.98. The SMILES string of the molecule is CCCCC(C(=O)OC(C)(C)C)n1cc(OC)c(Br)cc1=O. The van der Waals surface area contributed by atoms with Crippen LogP contribution in [0.4, 0.5) is 0 Å². The van der Waals surface area contributed by atoms with Crippen molar-refractivity contribution < 1.29 is 14.3 Å². The minimum absolute atomic E-state index is 0.264. The summed E-state index contributed by atoms with van der Waals surface area (Å²) >= 11 is 3.27. The highest BCUT2D eigenvalue weighted by Crippen LogP contribution is 2.25. The number of nitrogens with zero attached hydrogens (tertiary/aromatic N) is 1. The Morgan fingerprint density at radius 1 is 1.41 bits per heavy atom. The Labute approximate surface area is 139 Å². The van der Waals surface area contributed by atoms with Crippen molar-refractivity contribution in [1.29, 1.82) is 0 Å². The molecule has 0 amide bonds. The summed E-state index contributed by atoms with van der Waals surface area (Å²) in [5.74, 6) is 0.108. The number of methoxy groups -OCH3 is 1. The first-order valence-electron chi connectivity index (χ1n) is 7.38. The van der Waals surface area contributed by atoms with Crippen LogP contribution in [0.25, 0.3) is 0 Å². The maximum absolute atomic E-state index is 12.5. The van der Waals surface area contributed by atoms with Crippen LogP contribution in [0.3, 0.4) is 0 Å². The fourth-order valence-corrected chi connectivity index (χ4v) is 2.50. The quantitative estimate of drug-likeness (QED) is 0.713. The molecule has 1 aromatic rings. The van der Waals surface area contributed by atoms with E-state index in [-0.39, 0.29) is 5.56 Å². The highest BCUT2D eigenvalue weighted by atomic mass is 79.9. The number of hydrogen-bond donors (Lipinski definition) is 0. The van der Waals surface area contributed by atoms with Gasteiger partial charge in [0.05, 0.1) is 17.8 Å². The highest BCUT2D eigenvalue weighted by molar-refractivity contribution is 9.10. The van der Waals surface area contributed by atoms with Crippen molar-refractivity contribution in [3.05, 3.63) is 27.1 Å². The molecule has 0 aliphatic carbocycles. The van der Waals surface area contributed by atoms with Gasteiger partial charge in [0.2, 0.25) is 0 Å². The van der Waals surface area contributed by atoms with Crippen molar-refractivity contribution in [2.24, 2.45) is 0 Å². The van der Waals surface area contributed by atoms with Crippen LogP contribution >= 0.6 is 15.9 Å². The van der Waals surface area contributed by atoms with Gasteiger partial charge in [-0.1, -0.05) is 19.8 Å². The number of carbonyl (C=O) groups excluding carboxylic acids is 1. The van der Waals surface area contributed by atoms with Crippen molar-refractivity contribution in [1.82, 2.24) is 4.57 Å². The molecule has 0 saturated carbocycles. The van der Waals surface area contributed by atoms with Crippen molar-refractivity contribution in [2.45, 2.75) is 58.6 Å². The summed E-state index contributed by atoms with van der Waals surface area (Å²) < 4.78 is 12.6. The average molecular weight is 374 g/mol. The lowest BCUT2D eigenvalue weighted by atomic mass is 10.1. The monoisotopic (exact) mass is 373 g/mol. The van der Waals surface area contributed by atoms with E-state index >= 15 is 0 Å². The summed E-state index contributed by atoms with van der Waals surface area (Å²) in [6.45, 7) is 7.48. The van der Waals surface area contributed by atoms with Gasteiger partial charge in [-0.3, -0.25) is 9.36 Å². The average Bonchev–Trinajstić information content (AvgIpc) is 2.39. The van der Waals surface area contributed by atoms with E-state index in [2.05, 4.69) is 15.9 Å². The predicted molar refractivity (Wildman–Crippen MR) is 89.4 cm³/mol. The lowest BCUT2D eigenvalue weighted by Crippen LogP contribution is -2.34. The van der Waals surface area contributed by atoms with E-state index in [0.717, 1.165) is 12.8 Å². The molecule has 124 valence electrons. The van der Waals surface area contributed by atoms with E-state index in [0.29, 0.717) is 16.6 Å². The summed E-state index contributed by atoms with van der Waals surface area (Å²) in [7, 11) is 1.52. The van der Waals surface area contributed by atoms with Gasteiger partial charge in [0.15, 0.2) is 0 Å². The first-order valence-corrected chi connectivity index (χ1v) is 8.17. The Hall–Kier alpha value is -1.30. The van der Waals surface area contributed by atoms with Gasteiger partial charge in [-0.25, -0.2) is 4.79 Å². The standard InChI is InChI=1S/C16H24BrNO4/c1-6-7-8-12(15(20)22-16(2,3)4)18-10-13(21-5)11(17)9-14(18)19/h9-10,12H,6-8H2,1-5H3. The van der Waals surface area contributed by atoms with Crippen LogP contribution in [0.15, 0.2) is 21.5 Å². The van der Waals surface area contributed by atoms with E-state index in [1.807, 2.05) is 27.7 Å². The second-order valence-electron chi connectivity index (χ2n) is 6.13. The van der Waals surface area contributed by atoms with Gasteiger partial charge < -0.3 is 9.47 Å². The van der Waals surface area contributed by atoms with Crippen LogP contribution < -0.4 is 10.3 Å². The maximum Gasteiger partial charge on any atom is 0.329 e. The molecule has 0 spiro atoms. The fraction of sp³-hybridized carbons (Fsp3) is 0.625. The van der Waals surface area contributed by atoms with Crippen molar-refractivity contribution in [3.63, 3.8) is 0 Å². The molecule has 0 aliphatic heterocycles. The topological polar surface area (TPSA) is 57.5 Å². The number of carbonyl (C=O) groups is 1. The highest BCUT2D eigenvalue weighted by Gasteiger charge is 2.27.